The Morgan fingerprint density at radius 2 is 0.898 bits per heavy atom. The van der Waals surface area contributed by atoms with Crippen molar-refractivity contribution in [3.63, 3.8) is 0 Å². The Morgan fingerprint density at radius 1 is 0.508 bits per heavy atom. The van der Waals surface area contributed by atoms with Crippen molar-refractivity contribution in [3.8, 4) is 0 Å². The van der Waals surface area contributed by atoms with Crippen molar-refractivity contribution in [1.29, 1.82) is 0 Å². The highest BCUT2D eigenvalue weighted by molar-refractivity contribution is 7.47. The Labute approximate surface area is 361 Å². The Morgan fingerprint density at radius 3 is 1.41 bits per heavy atom. The topological polar surface area (TPSA) is 134 Å². The minimum Gasteiger partial charge on any atom is -0.462 e. The Kier molecular flexibility index (Phi) is 43.5. The summed E-state index contributed by atoms with van der Waals surface area (Å²) < 4.78 is 32.8. The molecule has 0 aromatic carbocycles. The quantitative estimate of drug-likeness (QED) is 0.0266. The maximum absolute atomic E-state index is 12.6. The lowest BCUT2D eigenvalue weighted by Crippen LogP contribution is -2.29. The number of ether oxygens (including phenoxy) is 2. The lowest BCUT2D eigenvalue weighted by molar-refractivity contribution is -0.161. The fraction of sp³-hybridized carbons (Fsp3) is 0.755. The van der Waals surface area contributed by atoms with E-state index in [1.165, 1.54) is 128 Å². The van der Waals surface area contributed by atoms with Crippen LogP contribution in [0.25, 0.3) is 0 Å². The van der Waals surface area contributed by atoms with E-state index in [2.05, 4.69) is 68.5 Å². The average Bonchev–Trinajstić information content (AvgIpc) is 3.22. The van der Waals surface area contributed by atoms with Crippen LogP contribution in [0.5, 0.6) is 0 Å². The van der Waals surface area contributed by atoms with E-state index < -0.39 is 32.5 Å². The van der Waals surface area contributed by atoms with Crippen molar-refractivity contribution in [2.24, 2.45) is 5.73 Å². The van der Waals surface area contributed by atoms with Gasteiger partial charge < -0.3 is 20.1 Å². The second kappa shape index (κ2) is 45.2. The molecule has 0 aliphatic heterocycles. The fourth-order valence-electron chi connectivity index (χ4n) is 6.33. The van der Waals surface area contributed by atoms with Crippen LogP contribution < -0.4 is 5.73 Å². The number of carbonyl (C=O) groups excluding carboxylic acids is 2. The van der Waals surface area contributed by atoms with Gasteiger partial charge in [-0.2, -0.15) is 0 Å². The van der Waals surface area contributed by atoms with Crippen LogP contribution in [-0.4, -0.2) is 49.3 Å². The molecule has 0 saturated carbocycles. The van der Waals surface area contributed by atoms with E-state index in [4.69, 9.17) is 24.3 Å². The van der Waals surface area contributed by atoms with E-state index >= 15 is 0 Å². The van der Waals surface area contributed by atoms with Gasteiger partial charge in [-0.15, -0.1) is 0 Å². The Hall–Kier alpha value is -2.29. The number of phosphoric ester groups is 1. The lowest BCUT2D eigenvalue weighted by Gasteiger charge is -2.19. The van der Waals surface area contributed by atoms with Crippen LogP contribution in [0.3, 0.4) is 0 Å². The van der Waals surface area contributed by atoms with Crippen molar-refractivity contribution in [2.75, 3.05) is 26.4 Å². The summed E-state index contributed by atoms with van der Waals surface area (Å²) >= 11 is 0. The monoisotopic (exact) mass is 850 g/mol. The minimum atomic E-state index is -4.40. The van der Waals surface area contributed by atoms with Crippen LogP contribution in [-0.2, 0) is 32.7 Å². The standard InChI is InChI=1S/C49H88NO8P/c1-3-5-7-9-11-13-15-17-19-21-22-23-24-26-27-29-31-33-35-37-39-41-48(51)55-45-47(46-57-59(53,54)56-44-43-50)58-49(52)42-40-38-36-34-32-30-28-25-20-18-16-14-12-10-8-6-4-2/h12,14,17-20,28,30,34,36,47H,3-11,13,15-16,21-27,29,31-33,35,37-46,50H2,1-2H3,(H,53,54). The first-order valence-corrected chi connectivity index (χ1v) is 25.3. The zero-order valence-electron chi connectivity index (χ0n) is 37.7. The van der Waals surface area contributed by atoms with Gasteiger partial charge in [0.2, 0.25) is 0 Å². The van der Waals surface area contributed by atoms with E-state index in [9.17, 15) is 19.0 Å². The predicted octanol–water partition coefficient (Wildman–Crippen LogP) is 14.1. The largest absolute Gasteiger partial charge is 0.472 e. The minimum absolute atomic E-state index is 0.0429. The predicted molar refractivity (Wildman–Crippen MR) is 247 cm³/mol. The summed E-state index contributed by atoms with van der Waals surface area (Å²) in [5.41, 5.74) is 5.35. The molecule has 2 atom stereocenters. The molecule has 9 nitrogen and oxygen atoms in total. The van der Waals surface area contributed by atoms with Gasteiger partial charge in [-0.3, -0.25) is 18.6 Å². The van der Waals surface area contributed by atoms with Gasteiger partial charge in [0.25, 0.3) is 0 Å². The number of hydrogen-bond acceptors (Lipinski definition) is 8. The number of unbranched alkanes of at least 4 members (excludes halogenated alkanes) is 21. The number of allylic oxidation sites excluding steroid dienone is 10. The van der Waals surface area contributed by atoms with Crippen molar-refractivity contribution in [2.45, 2.75) is 213 Å². The number of hydrogen-bond donors (Lipinski definition) is 2. The van der Waals surface area contributed by atoms with Crippen LogP contribution in [0.2, 0.25) is 0 Å². The average molecular weight is 850 g/mol. The fourth-order valence-corrected chi connectivity index (χ4v) is 7.09. The first-order chi connectivity index (χ1) is 28.8. The van der Waals surface area contributed by atoms with Gasteiger partial charge >= 0.3 is 19.8 Å². The van der Waals surface area contributed by atoms with Gasteiger partial charge in [0.15, 0.2) is 6.10 Å². The number of nitrogens with two attached hydrogens (primary N) is 1. The van der Waals surface area contributed by atoms with Crippen LogP contribution in [0, 0.1) is 0 Å². The first-order valence-electron chi connectivity index (χ1n) is 23.8. The normalized spacial score (nSPS) is 13.8. The third-order valence-electron chi connectivity index (χ3n) is 9.88. The summed E-state index contributed by atoms with van der Waals surface area (Å²) in [5.74, 6) is -0.894. The van der Waals surface area contributed by atoms with Crippen molar-refractivity contribution < 1.29 is 37.6 Å². The molecule has 342 valence electrons. The van der Waals surface area contributed by atoms with E-state index in [0.29, 0.717) is 12.8 Å². The van der Waals surface area contributed by atoms with Gasteiger partial charge in [0.05, 0.1) is 13.2 Å². The lowest BCUT2D eigenvalue weighted by atomic mass is 10.0. The summed E-state index contributed by atoms with van der Waals surface area (Å²) in [6.07, 6.45) is 54.0. The van der Waals surface area contributed by atoms with Gasteiger partial charge in [-0.25, -0.2) is 4.57 Å². The molecular weight excluding hydrogens is 762 g/mol. The summed E-state index contributed by atoms with van der Waals surface area (Å²) in [6.45, 7) is 3.65. The highest BCUT2D eigenvalue weighted by atomic mass is 31.2. The molecule has 0 aliphatic rings. The second-order valence-electron chi connectivity index (χ2n) is 15.6. The van der Waals surface area contributed by atoms with E-state index in [0.717, 1.165) is 38.5 Å². The Balaban J connectivity index is 4.16. The van der Waals surface area contributed by atoms with Crippen LogP contribution in [0.4, 0.5) is 0 Å². The van der Waals surface area contributed by atoms with Gasteiger partial charge in [-0.05, 0) is 77.0 Å². The maximum atomic E-state index is 12.6. The highest BCUT2D eigenvalue weighted by Crippen LogP contribution is 2.43. The molecule has 0 aromatic heterocycles. The molecule has 0 amide bonds. The zero-order valence-corrected chi connectivity index (χ0v) is 38.6. The molecule has 0 saturated heterocycles. The number of carbonyl (C=O) groups is 2. The third-order valence-corrected chi connectivity index (χ3v) is 10.9. The van der Waals surface area contributed by atoms with Crippen LogP contribution in [0.1, 0.15) is 206 Å². The molecule has 2 unspecified atom stereocenters. The van der Waals surface area contributed by atoms with Gasteiger partial charge in [0, 0.05) is 19.4 Å². The van der Waals surface area contributed by atoms with E-state index in [1.807, 2.05) is 6.08 Å². The van der Waals surface area contributed by atoms with Gasteiger partial charge in [-0.1, -0.05) is 177 Å². The molecule has 0 heterocycles. The third kappa shape index (κ3) is 45.1. The molecule has 0 spiro atoms. The zero-order chi connectivity index (χ0) is 43.2. The maximum Gasteiger partial charge on any atom is 0.472 e. The van der Waals surface area contributed by atoms with Crippen molar-refractivity contribution in [3.05, 3.63) is 60.8 Å². The molecule has 10 heteroatoms. The van der Waals surface area contributed by atoms with Crippen molar-refractivity contribution >= 4 is 19.8 Å². The molecule has 59 heavy (non-hydrogen) atoms. The highest BCUT2D eigenvalue weighted by Gasteiger charge is 2.26. The molecule has 0 radical (unpaired) electrons. The Bertz CT molecular complexity index is 1150. The second-order valence-corrected chi connectivity index (χ2v) is 17.1. The summed E-state index contributed by atoms with van der Waals surface area (Å²) in [5, 5.41) is 0. The SMILES string of the molecule is CCCCCC=CCC=CCC=CCC=CCCCC(=O)OC(COC(=O)CCCCCCCCCCCCCC=CCCCCCCCC)COP(=O)(O)OCCN. The molecule has 0 aromatic rings. The summed E-state index contributed by atoms with van der Waals surface area (Å²) in [7, 11) is -4.40. The van der Waals surface area contributed by atoms with Crippen molar-refractivity contribution in [1.82, 2.24) is 0 Å². The van der Waals surface area contributed by atoms with Crippen LogP contribution in [0.15, 0.2) is 60.8 Å². The molecule has 3 N–H and O–H groups in total. The molecule has 0 rings (SSSR count). The number of phosphoric acid groups is 1. The first kappa shape index (κ1) is 56.7. The molecular formula is C49H88NO8P. The molecule has 0 aliphatic carbocycles. The number of rotatable bonds is 44. The molecule has 0 fully saturated rings. The van der Waals surface area contributed by atoms with Gasteiger partial charge in [0.1, 0.15) is 6.61 Å². The smallest absolute Gasteiger partial charge is 0.462 e. The summed E-state index contributed by atoms with van der Waals surface area (Å²) in [6, 6.07) is 0. The molecule has 0 bridgehead atoms. The summed E-state index contributed by atoms with van der Waals surface area (Å²) in [4.78, 5) is 34.9. The van der Waals surface area contributed by atoms with E-state index in [-0.39, 0.29) is 32.6 Å². The van der Waals surface area contributed by atoms with Crippen LogP contribution >= 0.6 is 7.82 Å². The van der Waals surface area contributed by atoms with E-state index in [1.54, 1.807) is 0 Å². The number of esters is 2.